The molecule has 0 aliphatic carbocycles. The van der Waals surface area contributed by atoms with Crippen LogP contribution in [0.2, 0.25) is 0 Å². The summed E-state index contributed by atoms with van der Waals surface area (Å²) in [6, 6.07) is 9.85. The van der Waals surface area contributed by atoms with Gasteiger partial charge in [-0.05, 0) is 37.1 Å². The maximum atomic E-state index is 13.1. The SMILES string of the molecule is O=C(C1CCN(c2ccc(-n3cncn3)nn2)CC1)N1CCN(Cc2ccccn2)CC1. The number of rotatable bonds is 5. The molecule has 0 bridgehead atoms. The zero-order chi connectivity index (χ0) is 21.8. The van der Waals surface area contributed by atoms with E-state index >= 15 is 0 Å². The molecule has 3 aromatic rings. The Balaban J connectivity index is 1.09. The summed E-state index contributed by atoms with van der Waals surface area (Å²) < 4.78 is 1.58. The lowest BCUT2D eigenvalue weighted by Crippen LogP contribution is -2.51. The van der Waals surface area contributed by atoms with E-state index < -0.39 is 0 Å². The fourth-order valence-corrected chi connectivity index (χ4v) is 4.40. The first-order valence-corrected chi connectivity index (χ1v) is 11.1. The van der Waals surface area contributed by atoms with Crippen LogP contribution in [-0.2, 0) is 11.3 Å². The van der Waals surface area contributed by atoms with Crippen molar-refractivity contribution >= 4 is 11.7 Å². The number of piperazine rings is 1. The Labute approximate surface area is 186 Å². The van der Waals surface area contributed by atoms with Crippen LogP contribution < -0.4 is 4.90 Å². The Kier molecular flexibility index (Phi) is 6.02. The van der Waals surface area contributed by atoms with Crippen LogP contribution in [0.1, 0.15) is 18.5 Å². The highest BCUT2D eigenvalue weighted by molar-refractivity contribution is 5.79. The fourth-order valence-electron chi connectivity index (χ4n) is 4.40. The highest BCUT2D eigenvalue weighted by Crippen LogP contribution is 2.24. The minimum absolute atomic E-state index is 0.0935. The van der Waals surface area contributed by atoms with Crippen molar-refractivity contribution in [2.24, 2.45) is 5.92 Å². The van der Waals surface area contributed by atoms with Crippen LogP contribution in [0.25, 0.3) is 5.82 Å². The Hall–Kier alpha value is -3.40. The number of carbonyl (C=O) groups excluding carboxylic acids is 1. The van der Waals surface area contributed by atoms with Gasteiger partial charge in [0.25, 0.3) is 0 Å². The summed E-state index contributed by atoms with van der Waals surface area (Å²) >= 11 is 0. The maximum absolute atomic E-state index is 13.1. The van der Waals surface area contributed by atoms with Crippen molar-refractivity contribution in [3.8, 4) is 5.82 Å². The third-order valence-electron chi connectivity index (χ3n) is 6.25. The van der Waals surface area contributed by atoms with Crippen LogP contribution >= 0.6 is 0 Å². The topological polar surface area (TPSA) is 96.2 Å². The molecule has 0 N–H and O–H groups in total. The molecular formula is C22H27N9O. The molecule has 0 spiro atoms. The number of aromatic nitrogens is 6. The van der Waals surface area contributed by atoms with Crippen LogP contribution in [0.5, 0.6) is 0 Å². The van der Waals surface area contributed by atoms with E-state index in [4.69, 9.17) is 0 Å². The normalized spacial score (nSPS) is 18.1. The first-order valence-electron chi connectivity index (χ1n) is 11.1. The van der Waals surface area contributed by atoms with Gasteiger partial charge in [0.2, 0.25) is 5.91 Å². The molecular weight excluding hydrogens is 406 g/mol. The predicted octanol–water partition coefficient (Wildman–Crippen LogP) is 1.01. The molecule has 3 aromatic heterocycles. The molecule has 0 saturated carbocycles. The summed E-state index contributed by atoms with van der Waals surface area (Å²) in [4.78, 5) is 28.0. The molecule has 166 valence electrons. The minimum atomic E-state index is 0.0935. The van der Waals surface area contributed by atoms with Gasteiger partial charge in [0.05, 0.1) is 5.69 Å². The van der Waals surface area contributed by atoms with Crippen LogP contribution in [0.15, 0.2) is 49.2 Å². The first kappa shape index (κ1) is 20.5. The van der Waals surface area contributed by atoms with Gasteiger partial charge in [0.15, 0.2) is 11.6 Å². The molecule has 0 aromatic carbocycles. The summed E-state index contributed by atoms with van der Waals surface area (Å²) in [6.45, 7) is 5.85. The number of piperidine rings is 1. The Morgan fingerprint density at radius 1 is 0.938 bits per heavy atom. The monoisotopic (exact) mass is 433 g/mol. The quantitative estimate of drug-likeness (QED) is 0.588. The molecule has 2 saturated heterocycles. The van der Waals surface area contributed by atoms with Crippen molar-refractivity contribution in [1.82, 2.24) is 39.7 Å². The third-order valence-corrected chi connectivity index (χ3v) is 6.25. The number of pyridine rings is 1. The maximum Gasteiger partial charge on any atom is 0.225 e. The summed E-state index contributed by atoms with van der Waals surface area (Å²) in [5.74, 6) is 1.87. The molecule has 10 nitrogen and oxygen atoms in total. The lowest BCUT2D eigenvalue weighted by Gasteiger charge is -2.38. The summed E-state index contributed by atoms with van der Waals surface area (Å²) in [6.07, 6.45) is 6.59. The average Bonchev–Trinajstić information content (AvgIpc) is 3.40. The first-order chi connectivity index (χ1) is 15.8. The van der Waals surface area contributed by atoms with E-state index in [1.807, 2.05) is 35.4 Å². The number of anilines is 1. The fraction of sp³-hybridized carbons (Fsp3) is 0.455. The van der Waals surface area contributed by atoms with Gasteiger partial charge in [-0.15, -0.1) is 10.2 Å². The van der Waals surface area contributed by atoms with Gasteiger partial charge in [-0.3, -0.25) is 14.7 Å². The molecule has 0 unspecified atom stereocenters. The summed E-state index contributed by atoms with van der Waals surface area (Å²) in [7, 11) is 0. The summed E-state index contributed by atoms with van der Waals surface area (Å²) in [5.41, 5.74) is 1.08. The van der Waals surface area contributed by atoms with E-state index in [1.165, 1.54) is 6.33 Å². The largest absolute Gasteiger partial charge is 0.355 e. The van der Waals surface area contributed by atoms with Crippen molar-refractivity contribution in [2.75, 3.05) is 44.2 Å². The molecule has 10 heteroatoms. The van der Waals surface area contributed by atoms with E-state index in [0.717, 1.165) is 70.2 Å². The number of hydrogen-bond acceptors (Lipinski definition) is 8. The second-order valence-corrected chi connectivity index (χ2v) is 8.27. The van der Waals surface area contributed by atoms with Crippen LogP contribution in [0.3, 0.4) is 0 Å². The van der Waals surface area contributed by atoms with Crippen LogP contribution in [0.4, 0.5) is 5.82 Å². The van der Waals surface area contributed by atoms with Gasteiger partial charge < -0.3 is 9.80 Å². The standard InChI is InChI=1S/C22H27N9O/c32-22(30-13-11-28(12-14-30)15-19-3-1-2-8-24-19)18-6-9-29(10-7-18)20-4-5-21(27-26-20)31-17-23-16-25-31/h1-5,8,16-18H,6-7,9-15H2. The average molecular weight is 434 g/mol. The molecule has 2 aliphatic rings. The van der Waals surface area contributed by atoms with Gasteiger partial charge in [-0.25, -0.2) is 9.67 Å². The highest BCUT2D eigenvalue weighted by Gasteiger charge is 2.31. The van der Waals surface area contributed by atoms with Crippen molar-refractivity contribution < 1.29 is 4.79 Å². The molecule has 0 radical (unpaired) electrons. The molecule has 2 aliphatic heterocycles. The smallest absolute Gasteiger partial charge is 0.225 e. The molecule has 32 heavy (non-hydrogen) atoms. The Bertz CT molecular complexity index is 994. The van der Waals surface area contributed by atoms with Crippen molar-refractivity contribution in [3.63, 3.8) is 0 Å². The molecule has 5 rings (SSSR count). The van der Waals surface area contributed by atoms with Gasteiger partial charge in [-0.2, -0.15) is 5.10 Å². The van der Waals surface area contributed by atoms with Gasteiger partial charge >= 0.3 is 0 Å². The van der Waals surface area contributed by atoms with Gasteiger partial charge in [-0.1, -0.05) is 6.07 Å². The Morgan fingerprint density at radius 2 is 1.72 bits per heavy atom. The zero-order valence-electron chi connectivity index (χ0n) is 18.0. The lowest BCUT2D eigenvalue weighted by atomic mass is 9.95. The number of nitrogens with zero attached hydrogens (tertiary/aromatic N) is 9. The van der Waals surface area contributed by atoms with E-state index in [0.29, 0.717) is 11.7 Å². The van der Waals surface area contributed by atoms with Crippen LogP contribution in [-0.4, -0.2) is 84.9 Å². The number of carbonyl (C=O) groups is 1. The lowest BCUT2D eigenvalue weighted by molar-refractivity contribution is -0.138. The third kappa shape index (κ3) is 4.59. The van der Waals surface area contributed by atoms with E-state index in [1.54, 1.807) is 11.0 Å². The number of hydrogen-bond donors (Lipinski definition) is 0. The second kappa shape index (κ2) is 9.39. The molecule has 5 heterocycles. The molecule has 2 fully saturated rings. The second-order valence-electron chi connectivity index (χ2n) is 8.27. The number of amides is 1. The van der Waals surface area contributed by atoms with Crippen molar-refractivity contribution in [3.05, 3.63) is 54.9 Å². The highest BCUT2D eigenvalue weighted by atomic mass is 16.2. The molecule has 1 amide bonds. The van der Waals surface area contributed by atoms with E-state index in [-0.39, 0.29) is 5.92 Å². The van der Waals surface area contributed by atoms with Crippen LogP contribution in [0, 0.1) is 5.92 Å². The molecule has 0 atom stereocenters. The summed E-state index contributed by atoms with van der Waals surface area (Å²) in [5, 5.41) is 12.7. The predicted molar refractivity (Wildman–Crippen MR) is 118 cm³/mol. The van der Waals surface area contributed by atoms with Crippen molar-refractivity contribution in [1.29, 1.82) is 0 Å². The van der Waals surface area contributed by atoms with E-state index in [9.17, 15) is 4.79 Å². The Morgan fingerprint density at radius 3 is 2.38 bits per heavy atom. The van der Waals surface area contributed by atoms with Crippen molar-refractivity contribution in [2.45, 2.75) is 19.4 Å². The zero-order valence-corrected chi connectivity index (χ0v) is 18.0. The van der Waals surface area contributed by atoms with E-state index in [2.05, 4.69) is 41.1 Å². The van der Waals surface area contributed by atoms with Gasteiger partial charge in [0, 0.05) is 57.9 Å². The van der Waals surface area contributed by atoms with Gasteiger partial charge in [0.1, 0.15) is 12.7 Å². The minimum Gasteiger partial charge on any atom is -0.355 e.